The highest BCUT2D eigenvalue weighted by atomic mass is 32.2. The van der Waals surface area contributed by atoms with Gasteiger partial charge in [-0.15, -0.1) is 0 Å². The first kappa shape index (κ1) is 21.8. The summed E-state index contributed by atoms with van der Waals surface area (Å²) < 4.78 is 5.42. The number of morpholine rings is 1. The van der Waals surface area contributed by atoms with E-state index in [1.807, 2.05) is 6.20 Å². The van der Waals surface area contributed by atoms with Crippen molar-refractivity contribution in [3.8, 4) is 0 Å². The third-order valence-electron chi connectivity index (χ3n) is 6.47. The monoisotopic (exact) mass is 430 g/mol. The van der Waals surface area contributed by atoms with E-state index in [2.05, 4.69) is 33.9 Å². The fourth-order valence-electron chi connectivity index (χ4n) is 4.69. The predicted molar refractivity (Wildman–Crippen MR) is 120 cm³/mol. The molecule has 4 rings (SSSR count). The number of nitrogens with zero attached hydrogens (tertiary/aromatic N) is 4. The third kappa shape index (κ3) is 5.62. The molecule has 0 bridgehead atoms. The first-order valence-corrected chi connectivity index (χ1v) is 12.4. The molecule has 3 heterocycles. The minimum Gasteiger partial charge on any atom is -0.379 e. The molecule has 1 aliphatic carbocycles. The van der Waals surface area contributed by atoms with E-state index in [-0.39, 0.29) is 5.92 Å². The molecule has 2 fully saturated rings. The zero-order chi connectivity index (χ0) is 20.8. The molecule has 0 radical (unpaired) electrons. The maximum atomic E-state index is 13.0. The van der Waals surface area contributed by atoms with Crippen LogP contribution in [0, 0.1) is 12.8 Å². The Bertz CT molecular complexity index is 751. The van der Waals surface area contributed by atoms with E-state index in [1.54, 1.807) is 11.8 Å². The number of likely N-dealkylation sites (tertiary alicyclic amines) is 1. The van der Waals surface area contributed by atoms with Crippen LogP contribution in [0.4, 0.5) is 0 Å². The number of aromatic nitrogens is 2. The number of piperidine rings is 1. The number of amides is 1. The Morgan fingerprint density at radius 3 is 2.90 bits per heavy atom. The molecule has 1 aromatic heterocycles. The molecule has 6 nitrogen and oxygen atoms in total. The first-order chi connectivity index (χ1) is 14.7. The van der Waals surface area contributed by atoms with E-state index in [9.17, 15) is 4.79 Å². The lowest BCUT2D eigenvalue weighted by Gasteiger charge is -2.35. The molecule has 0 saturated carbocycles. The van der Waals surface area contributed by atoms with Crippen molar-refractivity contribution in [2.45, 2.75) is 50.1 Å². The highest BCUT2D eigenvalue weighted by molar-refractivity contribution is 7.99. The number of carbonyl (C=O) groups is 1. The van der Waals surface area contributed by atoms with Gasteiger partial charge in [-0.25, -0.2) is 9.97 Å². The van der Waals surface area contributed by atoms with E-state index >= 15 is 0 Å². The van der Waals surface area contributed by atoms with Crippen molar-refractivity contribution in [3.63, 3.8) is 0 Å². The number of thioether (sulfide) groups is 1. The molecule has 0 unspecified atom stereocenters. The Morgan fingerprint density at radius 1 is 1.23 bits per heavy atom. The molecule has 164 valence electrons. The Labute approximate surface area is 184 Å². The van der Waals surface area contributed by atoms with Crippen LogP contribution in [-0.4, -0.2) is 77.4 Å². The minimum atomic E-state index is 0.173. The van der Waals surface area contributed by atoms with Gasteiger partial charge in [0.05, 0.1) is 18.9 Å². The molecule has 0 spiro atoms. The van der Waals surface area contributed by atoms with Gasteiger partial charge in [0, 0.05) is 56.5 Å². The van der Waals surface area contributed by atoms with Crippen LogP contribution >= 0.6 is 11.8 Å². The standard InChI is InChI=1S/C23H34N4O2S/c1-18-16-24-23(30-15-12-26-10-13-29-14-11-26)25-21(18)20-8-5-9-27(17-20)22(28)19-6-3-2-4-7-19/h2-3,16,19-20H,4-15,17H2,1H3/t19-,20-/m1/s1. The average Bonchev–Trinajstić information content (AvgIpc) is 2.81. The zero-order valence-electron chi connectivity index (χ0n) is 18.1. The van der Waals surface area contributed by atoms with Crippen LogP contribution < -0.4 is 0 Å². The molecule has 7 heteroatoms. The minimum absolute atomic E-state index is 0.173. The summed E-state index contributed by atoms with van der Waals surface area (Å²) in [6, 6.07) is 0. The number of rotatable bonds is 6. The second-order valence-electron chi connectivity index (χ2n) is 8.63. The van der Waals surface area contributed by atoms with Crippen molar-refractivity contribution in [2.75, 3.05) is 51.7 Å². The van der Waals surface area contributed by atoms with Crippen molar-refractivity contribution in [2.24, 2.45) is 5.92 Å². The van der Waals surface area contributed by atoms with Gasteiger partial charge in [-0.05, 0) is 44.6 Å². The number of aryl methyl sites for hydroxylation is 1. The van der Waals surface area contributed by atoms with Crippen molar-refractivity contribution < 1.29 is 9.53 Å². The fraction of sp³-hybridized carbons (Fsp3) is 0.696. The quantitative estimate of drug-likeness (QED) is 0.392. The van der Waals surface area contributed by atoms with Crippen LogP contribution in [-0.2, 0) is 9.53 Å². The summed E-state index contributed by atoms with van der Waals surface area (Å²) in [5.41, 5.74) is 2.28. The molecule has 3 aliphatic rings. The van der Waals surface area contributed by atoms with Crippen LogP contribution in [0.2, 0.25) is 0 Å². The Hall–Kier alpha value is -1.44. The van der Waals surface area contributed by atoms with Gasteiger partial charge in [-0.2, -0.15) is 0 Å². The summed E-state index contributed by atoms with van der Waals surface area (Å²) in [5, 5.41) is 0.865. The lowest BCUT2D eigenvalue weighted by atomic mass is 9.89. The average molecular weight is 431 g/mol. The molecule has 1 amide bonds. The van der Waals surface area contributed by atoms with Gasteiger partial charge in [0.2, 0.25) is 5.91 Å². The maximum Gasteiger partial charge on any atom is 0.226 e. The smallest absolute Gasteiger partial charge is 0.226 e. The second-order valence-corrected chi connectivity index (χ2v) is 9.69. The lowest BCUT2D eigenvalue weighted by molar-refractivity contribution is -0.137. The van der Waals surface area contributed by atoms with Crippen molar-refractivity contribution in [1.29, 1.82) is 0 Å². The van der Waals surface area contributed by atoms with E-state index in [0.717, 1.165) is 100 Å². The van der Waals surface area contributed by atoms with Crippen molar-refractivity contribution >= 4 is 17.7 Å². The largest absolute Gasteiger partial charge is 0.379 e. The van der Waals surface area contributed by atoms with Crippen LogP contribution in [0.1, 0.15) is 49.3 Å². The molecule has 0 aromatic carbocycles. The Morgan fingerprint density at radius 2 is 2.10 bits per heavy atom. The molecular weight excluding hydrogens is 396 g/mol. The van der Waals surface area contributed by atoms with Gasteiger partial charge < -0.3 is 9.64 Å². The van der Waals surface area contributed by atoms with E-state index in [4.69, 9.17) is 9.72 Å². The van der Waals surface area contributed by atoms with Gasteiger partial charge in [-0.3, -0.25) is 9.69 Å². The summed E-state index contributed by atoms with van der Waals surface area (Å²) in [4.78, 5) is 27.1. The SMILES string of the molecule is Cc1cnc(SCCN2CCOCC2)nc1[C@@H]1CCCN(C(=O)[C@@H]2CC=CCC2)C1. The number of ether oxygens (including phenoxy) is 1. The van der Waals surface area contributed by atoms with Gasteiger partial charge in [0.15, 0.2) is 5.16 Å². The van der Waals surface area contributed by atoms with Crippen molar-refractivity contribution in [3.05, 3.63) is 29.6 Å². The van der Waals surface area contributed by atoms with Crippen LogP contribution in [0.25, 0.3) is 0 Å². The number of carbonyl (C=O) groups excluding carboxylic acids is 1. The van der Waals surface area contributed by atoms with E-state index in [0.29, 0.717) is 11.8 Å². The van der Waals surface area contributed by atoms with E-state index < -0.39 is 0 Å². The van der Waals surface area contributed by atoms with Gasteiger partial charge >= 0.3 is 0 Å². The molecule has 2 atom stereocenters. The topological polar surface area (TPSA) is 58.6 Å². The summed E-state index contributed by atoms with van der Waals surface area (Å²) in [5.74, 6) is 1.83. The molecule has 30 heavy (non-hydrogen) atoms. The van der Waals surface area contributed by atoms with Gasteiger partial charge in [0.25, 0.3) is 0 Å². The van der Waals surface area contributed by atoms with E-state index in [1.165, 1.54) is 0 Å². The normalized spacial score (nSPS) is 25.4. The highest BCUT2D eigenvalue weighted by Crippen LogP contribution is 2.31. The zero-order valence-corrected chi connectivity index (χ0v) is 18.9. The van der Waals surface area contributed by atoms with Gasteiger partial charge in [-0.1, -0.05) is 23.9 Å². The molecule has 2 saturated heterocycles. The first-order valence-electron chi connectivity index (χ1n) is 11.4. The molecular formula is C23H34N4O2S. The van der Waals surface area contributed by atoms with Crippen molar-refractivity contribution in [1.82, 2.24) is 19.8 Å². The molecule has 0 N–H and O–H groups in total. The Balaban J connectivity index is 1.35. The third-order valence-corrected chi connectivity index (χ3v) is 7.31. The van der Waals surface area contributed by atoms with Crippen LogP contribution in [0.15, 0.2) is 23.5 Å². The lowest BCUT2D eigenvalue weighted by Crippen LogP contribution is -2.42. The maximum absolute atomic E-state index is 13.0. The van der Waals surface area contributed by atoms with Crippen LogP contribution in [0.3, 0.4) is 0 Å². The summed E-state index contributed by atoms with van der Waals surface area (Å²) >= 11 is 1.74. The molecule has 2 aliphatic heterocycles. The fourth-order valence-corrected chi connectivity index (χ4v) is 5.51. The predicted octanol–water partition coefficient (Wildman–Crippen LogP) is 3.27. The summed E-state index contributed by atoms with van der Waals surface area (Å²) in [6.45, 7) is 8.54. The number of hydrogen-bond acceptors (Lipinski definition) is 6. The molecule has 1 aromatic rings. The highest BCUT2D eigenvalue weighted by Gasteiger charge is 2.30. The number of allylic oxidation sites excluding steroid dienone is 2. The summed E-state index contributed by atoms with van der Waals surface area (Å²) in [7, 11) is 0. The second kappa shape index (κ2) is 10.7. The number of hydrogen-bond donors (Lipinski definition) is 0. The van der Waals surface area contributed by atoms with Crippen LogP contribution in [0.5, 0.6) is 0 Å². The van der Waals surface area contributed by atoms with Gasteiger partial charge in [0.1, 0.15) is 0 Å². The summed E-state index contributed by atoms with van der Waals surface area (Å²) in [6.07, 6.45) is 11.4. The Kier molecular flexibility index (Phi) is 7.79.